The van der Waals surface area contributed by atoms with Gasteiger partial charge in [-0.1, -0.05) is 33.6 Å². The molecular formula is C13H10BrClN2O. The molecule has 0 spiro atoms. The van der Waals surface area contributed by atoms with Crippen molar-refractivity contribution in [2.45, 2.75) is 0 Å². The van der Waals surface area contributed by atoms with Crippen molar-refractivity contribution in [1.82, 2.24) is 0 Å². The summed E-state index contributed by atoms with van der Waals surface area (Å²) in [5.41, 5.74) is 4.25. The lowest BCUT2D eigenvalue weighted by atomic mass is 10.2. The van der Waals surface area contributed by atoms with Crippen LogP contribution in [0.25, 0.3) is 0 Å². The SMILES string of the molecule is Oc1ccc(Br)cc1C=NNc1cccc(Cl)c1. The molecule has 0 unspecified atom stereocenters. The second kappa shape index (κ2) is 5.89. The molecule has 0 aliphatic heterocycles. The fourth-order valence-corrected chi connectivity index (χ4v) is 1.93. The molecule has 5 heteroatoms. The molecule has 92 valence electrons. The van der Waals surface area contributed by atoms with Crippen LogP contribution in [0.15, 0.2) is 52.0 Å². The summed E-state index contributed by atoms with van der Waals surface area (Å²) in [6, 6.07) is 12.4. The lowest BCUT2D eigenvalue weighted by molar-refractivity contribution is 0.474. The molecule has 0 amide bonds. The molecule has 2 aromatic carbocycles. The van der Waals surface area contributed by atoms with Gasteiger partial charge in [-0.05, 0) is 36.4 Å². The second-order valence-corrected chi connectivity index (χ2v) is 4.94. The Kier molecular flexibility index (Phi) is 4.23. The van der Waals surface area contributed by atoms with Gasteiger partial charge >= 0.3 is 0 Å². The zero-order chi connectivity index (χ0) is 13.0. The molecule has 2 rings (SSSR count). The van der Waals surface area contributed by atoms with Crippen molar-refractivity contribution in [2.75, 3.05) is 5.43 Å². The molecule has 2 N–H and O–H groups in total. The molecule has 2 aromatic rings. The summed E-state index contributed by atoms with van der Waals surface area (Å²) in [6.07, 6.45) is 1.54. The van der Waals surface area contributed by atoms with Crippen LogP contribution < -0.4 is 5.43 Å². The van der Waals surface area contributed by atoms with Gasteiger partial charge in [-0.15, -0.1) is 0 Å². The highest BCUT2D eigenvalue weighted by atomic mass is 79.9. The van der Waals surface area contributed by atoms with Gasteiger partial charge in [0.15, 0.2) is 0 Å². The number of rotatable bonds is 3. The predicted molar refractivity (Wildman–Crippen MR) is 78.5 cm³/mol. The van der Waals surface area contributed by atoms with Gasteiger partial charge in [-0.2, -0.15) is 5.10 Å². The molecule has 0 atom stereocenters. The van der Waals surface area contributed by atoms with Crippen LogP contribution in [-0.2, 0) is 0 Å². The lowest BCUT2D eigenvalue weighted by Gasteiger charge is -2.01. The molecule has 0 saturated carbocycles. The number of phenolic OH excluding ortho intramolecular Hbond substituents is 1. The molecule has 0 aliphatic rings. The number of benzene rings is 2. The smallest absolute Gasteiger partial charge is 0.124 e. The summed E-state index contributed by atoms with van der Waals surface area (Å²) in [6.45, 7) is 0. The normalized spacial score (nSPS) is 10.8. The van der Waals surface area contributed by atoms with E-state index in [2.05, 4.69) is 26.5 Å². The van der Waals surface area contributed by atoms with E-state index in [1.165, 1.54) is 0 Å². The zero-order valence-corrected chi connectivity index (χ0v) is 11.6. The van der Waals surface area contributed by atoms with Gasteiger partial charge in [0.05, 0.1) is 11.9 Å². The molecule has 0 aromatic heterocycles. The zero-order valence-electron chi connectivity index (χ0n) is 9.27. The number of halogens is 2. The maximum Gasteiger partial charge on any atom is 0.124 e. The molecule has 0 bridgehead atoms. The van der Waals surface area contributed by atoms with E-state index in [-0.39, 0.29) is 5.75 Å². The standard InChI is InChI=1S/C13H10BrClN2O/c14-10-4-5-13(18)9(6-10)8-16-17-12-3-1-2-11(15)7-12/h1-8,17-18H. The van der Waals surface area contributed by atoms with Crippen molar-refractivity contribution < 1.29 is 5.11 Å². The monoisotopic (exact) mass is 324 g/mol. The fraction of sp³-hybridized carbons (Fsp3) is 0. The van der Waals surface area contributed by atoms with Gasteiger partial charge in [0.1, 0.15) is 5.75 Å². The Labute approximate surface area is 118 Å². The summed E-state index contributed by atoms with van der Waals surface area (Å²) in [5, 5.41) is 14.3. The van der Waals surface area contributed by atoms with Gasteiger partial charge in [0.25, 0.3) is 0 Å². The first-order valence-corrected chi connectivity index (χ1v) is 6.35. The van der Waals surface area contributed by atoms with Crippen LogP contribution >= 0.6 is 27.5 Å². The quantitative estimate of drug-likeness (QED) is 0.654. The summed E-state index contributed by atoms with van der Waals surface area (Å²) < 4.78 is 0.879. The summed E-state index contributed by atoms with van der Waals surface area (Å²) >= 11 is 9.18. The number of hydrazone groups is 1. The van der Waals surface area contributed by atoms with Crippen LogP contribution in [0.5, 0.6) is 5.75 Å². The Bertz CT molecular complexity index is 587. The van der Waals surface area contributed by atoms with E-state index in [4.69, 9.17) is 11.6 Å². The van der Waals surface area contributed by atoms with Gasteiger partial charge < -0.3 is 5.11 Å². The number of anilines is 1. The minimum atomic E-state index is 0.176. The van der Waals surface area contributed by atoms with Gasteiger partial charge in [-0.3, -0.25) is 5.43 Å². The first-order chi connectivity index (χ1) is 8.65. The third kappa shape index (κ3) is 3.48. The van der Waals surface area contributed by atoms with Crippen LogP contribution in [-0.4, -0.2) is 11.3 Å². The van der Waals surface area contributed by atoms with Crippen molar-refractivity contribution in [1.29, 1.82) is 0 Å². The van der Waals surface area contributed by atoms with Crippen LogP contribution in [0.4, 0.5) is 5.69 Å². The van der Waals surface area contributed by atoms with Gasteiger partial charge in [0.2, 0.25) is 0 Å². The predicted octanol–water partition coefficient (Wildman–Crippen LogP) is 4.25. The van der Waals surface area contributed by atoms with Gasteiger partial charge in [0, 0.05) is 15.1 Å². The van der Waals surface area contributed by atoms with E-state index in [1.807, 2.05) is 12.1 Å². The van der Waals surface area contributed by atoms with Crippen LogP contribution in [0.1, 0.15) is 5.56 Å². The topological polar surface area (TPSA) is 44.6 Å². The molecule has 0 fully saturated rings. The molecule has 0 heterocycles. The average molecular weight is 326 g/mol. The first-order valence-electron chi connectivity index (χ1n) is 5.18. The Hall–Kier alpha value is -1.52. The van der Waals surface area contributed by atoms with Gasteiger partial charge in [-0.25, -0.2) is 0 Å². The van der Waals surface area contributed by atoms with E-state index >= 15 is 0 Å². The number of nitrogens with zero attached hydrogens (tertiary/aromatic N) is 1. The Morgan fingerprint density at radius 1 is 1.22 bits per heavy atom. The van der Waals surface area contributed by atoms with Crippen LogP contribution in [0, 0.1) is 0 Å². The third-order valence-electron chi connectivity index (χ3n) is 2.21. The highest BCUT2D eigenvalue weighted by molar-refractivity contribution is 9.10. The summed E-state index contributed by atoms with van der Waals surface area (Å²) in [7, 11) is 0. The molecule has 3 nitrogen and oxygen atoms in total. The Morgan fingerprint density at radius 3 is 2.83 bits per heavy atom. The number of aromatic hydroxyl groups is 1. The third-order valence-corrected chi connectivity index (χ3v) is 2.94. The maximum absolute atomic E-state index is 9.62. The van der Waals surface area contributed by atoms with Crippen LogP contribution in [0.2, 0.25) is 5.02 Å². The Balaban J connectivity index is 2.10. The van der Waals surface area contributed by atoms with E-state index in [0.717, 1.165) is 10.2 Å². The maximum atomic E-state index is 9.62. The largest absolute Gasteiger partial charge is 0.507 e. The Morgan fingerprint density at radius 2 is 2.06 bits per heavy atom. The number of nitrogens with one attached hydrogen (secondary N) is 1. The highest BCUT2D eigenvalue weighted by Gasteiger charge is 1.98. The molecular weight excluding hydrogens is 316 g/mol. The van der Waals surface area contributed by atoms with E-state index in [1.54, 1.807) is 36.5 Å². The number of hydrogen-bond donors (Lipinski definition) is 2. The van der Waals surface area contributed by atoms with Crippen molar-refractivity contribution in [2.24, 2.45) is 5.10 Å². The van der Waals surface area contributed by atoms with Crippen LogP contribution in [0.3, 0.4) is 0 Å². The molecule has 18 heavy (non-hydrogen) atoms. The number of hydrogen-bond acceptors (Lipinski definition) is 3. The van der Waals surface area contributed by atoms with Crippen molar-refractivity contribution in [3.05, 3.63) is 57.5 Å². The lowest BCUT2D eigenvalue weighted by Crippen LogP contribution is -1.90. The summed E-state index contributed by atoms with van der Waals surface area (Å²) in [4.78, 5) is 0. The van der Waals surface area contributed by atoms with E-state index in [0.29, 0.717) is 10.6 Å². The highest BCUT2D eigenvalue weighted by Crippen LogP contribution is 2.20. The molecule has 0 aliphatic carbocycles. The number of phenols is 1. The summed E-state index contributed by atoms with van der Waals surface area (Å²) in [5.74, 6) is 0.176. The average Bonchev–Trinajstić information content (AvgIpc) is 2.34. The van der Waals surface area contributed by atoms with Crippen molar-refractivity contribution in [3.63, 3.8) is 0 Å². The second-order valence-electron chi connectivity index (χ2n) is 3.58. The minimum Gasteiger partial charge on any atom is -0.507 e. The molecule has 0 radical (unpaired) electrons. The van der Waals surface area contributed by atoms with Crippen molar-refractivity contribution in [3.8, 4) is 5.75 Å². The first kappa shape index (κ1) is 12.9. The fourth-order valence-electron chi connectivity index (χ4n) is 1.36. The van der Waals surface area contributed by atoms with E-state index < -0.39 is 0 Å². The minimum absolute atomic E-state index is 0.176. The van der Waals surface area contributed by atoms with E-state index in [9.17, 15) is 5.11 Å². The van der Waals surface area contributed by atoms with Crippen molar-refractivity contribution >= 4 is 39.4 Å². The molecule has 0 saturated heterocycles.